The highest BCUT2D eigenvalue weighted by Gasteiger charge is 2.25. The quantitative estimate of drug-likeness (QED) is 0.818. The third-order valence-electron chi connectivity index (χ3n) is 2.72. The first kappa shape index (κ1) is 9.33. The van der Waals surface area contributed by atoms with Gasteiger partial charge >= 0.3 is 5.69 Å². The minimum Gasteiger partial charge on any atom is -0.309 e. The zero-order chi connectivity index (χ0) is 11.1. The Morgan fingerprint density at radius 3 is 2.94 bits per heavy atom. The largest absolute Gasteiger partial charge is 0.347 e. The molecule has 2 aromatic heterocycles. The maximum absolute atomic E-state index is 11.4. The van der Waals surface area contributed by atoms with Gasteiger partial charge in [0.25, 0.3) is 0 Å². The molecule has 3 rings (SSSR count). The van der Waals surface area contributed by atoms with Gasteiger partial charge in [-0.1, -0.05) is 0 Å². The predicted molar refractivity (Wildman–Crippen MR) is 58.7 cm³/mol. The summed E-state index contributed by atoms with van der Waals surface area (Å²) < 4.78 is 1.64. The zero-order valence-corrected chi connectivity index (χ0v) is 8.97. The lowest BCUT2D eigenvalue weighted by molar-refractivity contribution is 0.813. The van der Waals surface area contributed by atoms with Gasteiger partial charge in [0.15, 0.2) is 5.82 Å². The van der Waals surface area contributed by atoms with Crippen LogP contribution >= 0.6 is 0 Å². The van der Waals surface area contributed by atoms with Gasteiger partial charge in [-0.15, -0.1) is 0 Å². The molecular weight excluding hydrogens is 204 g/mol. The summed E-state index contributed by atoms with van der Waals surface area (Å²) in [5.41, 5.74) is 1.73. The molecule has 1 saturated carbocycles. The fourth-order valence-corrected chi connectivity index (χ4v) is 1.73. The van der Waals surface area contributed by atoms with E-state index in [0.29, 0.717) is 11.7 Å². The molecule has 0 atom stereocenters. The number of rotatable bonds is 2. The van der Waals surface area contributed by atoms with Crippen LogP contribution in [0.4, 0.5) is 0 Å². The molecule has 0 radical (unpaired) electrons. The van der Waals surface area contributed by atoms with Crippen LogP contribution in [0.15, 0.2) is 23.3 Å². The monoisotopic (exact) mass is 216 g/mol. The lowest BCUT2D eigenvalue weighted by Gasteiger charge is -2.02. The molecule has 1 N–H and O–H groups in total. The Morgan fingerprint density at radius 1 is 1.50 bits per heavy atom. The SMILES string of the molecule is Cc1cnn(-c2cc(C3CC3)[nH]c(=O)n2)c1. The second kappa shape index (κ2) is 3.30. The Kier molecular flexibility index (Phi) is 1.92. The molecule has 0 unspecified atom stereocenters. The van der Waals surface area contributed by atoms with E-state index in [9.17, 15) is 4.79 Å². The standard InChI is InChI=1S/C11H12N4O/c1-7-5-12-15(6-7)10-4-9(8-2-3-8)13-11(16)14-10/h4-6,8H,2-3H2,1H3,(H,13,14,16). The van der Waals surface area contributed by atoms with Crippen molar-refractivity contribution in [1.82, 2.24) is 19.7 Å². The molecule has 0 spiro atoms. The zero-order valence-electron chi connectivity index (χ0n) is 8.97. The average molecular weight is 216 g/mol. The van der Waals surface area contributed by atoms with E-state index in [1.807, 2.05) is 19.2 Å². The molecule has 0 aliphatic heterocycles. The van der Waals surface area contributed by atoms with Crippen LogP contribution in [-0.2, 0) is 0 Å². The second-order valence-electron chi connectivity index (χ2n) is 4.24. The highest BCUT2D eigenvalue weighted by molar-refractivity contribution is 5.27. The summed E-state index contributed by atoms with van der Waals surface area (Å²) >= 11 is 0. The van der Waals surface area contributed by atoms with Crippen molar-refractivity contribution in [1.29, 1.82) is 0 Å². The van der Waals surface area contributed by atoms with Crippen molar-refractivity contribution in [2.75, 3.05) is 0 Å². The summed E-state index contributed by atoms with van der Waals surface area (Å²) in [5.74, 6) is 1.10. The van der Waals surface area contributed by atoms with Gasteiger partial charge in [0, 0.05) is 18.0 Å². The van der Waals surface area contributed by atoms with Crippen molar-refractivity contribution >= 4 is 0 Å². The van der Waals surface area contributed by atoms with Crippen LogP contribution in [0, 0.1) is 6.92 Å². The molecule has 5 nitrogen and oxygen atoms in total. The molecule has 2 heterocycles. The molecule has 2 aromatic rings. The van der Waals surface area contributed by atoms with Crippen molar-refractivity contribution in [2.24, 2.45) is 0 Å². The Bertz CT molecular complexity index is 580. The molecule has 0 aromatic carbocycles. The molecule has 5 heteroatoms. The number of aromatic nitrogens is 4. The van der Waals surface area contributed by atoms with Gasteiger partial charge in [-0.05, 0) is 31.2 Å². The third-order valence-corrected chi connectivity index (χ3v) is 2.72. The fraction of sp³-hybridized carbons (Fsp3) is 0.364. The minimum absolute atomic E-state index is 0.299. The number of nitrogens with one attached hydrogen (secondary N) is 1. The highest BCUT2D eigenvalue weighted by atomic mass is 16.1. The van der Waals surface area contributed by atoms with E-state index >= 15 is 0 Å². The Morgan fingerprint density at radius 2 is 2.31 bits per heavy atom. The van der Waals surface area contributed by atoms with E-state index in [1.54, 1.807) is 10.9 Å². The molecule has 0 bridgehead atoms. The van der Waals surface area contributed by atoms with Crippen molar-refractivity contribution in [3.8, 4) is 5.82 Å². The summed E-state index contributed by atoms with van der Waals surface area (Å²) in [5, 5.41) is 4.15. The summed E-state index contributed by atoms with van der Waals surface area (Å²) in [7, 11) is 0. The number of aromatic amines is 1. The number of nitrogens with zero attached hydrogens (tertiary/aromatic N) is 3. The predicted octanol–water partition coefficient (Wildman–Crippen LogP) is 1.14. The molecule has 1 aliphatic rings. The maximum Gasteiger partial charge on any atom is 0.347 e. The molecular formula is C11H12N4O. The van der Waals surface area contributed by atoms with Crippen molar-refractivity contribution < 1.29 is 0 Å². The van der Waals surface area contributed by atoms with Gasteiger partial charge in [0.2, 0.25) is 0 Å². The smallest absolute Gasteiger partial charge is 0.309 e. The van der Waals surface area contributed by atoms with Crippen LogP contribution in [-0.4, -0.2) is 19.7 Å². The van der Waals surface area contributed by atoms with Gasteiger partial charge in [-0.25, -0.2) is 9.48 Å². The normalized spacial score (nSPS) is 15.3. The van der Waals surface area contributed by atoms with E-state index < -0.39 is 0 Å². The lowest BCUT2D eigenvalue weighted by Crippen LogP contribution is -2.16. The molecule has 0 amide bonds. The minimum atomic E-state index is -0.299. The number of H-pyrrole nitrogens is 1. The van der Waals surface area contributed by atoms with E-state index in [-0.39, 0.29) is 5.69 Å². The topological polar surface area (TPSA) is 63.6 Å². The number of hydrogen-bond acceptors (Lipinski definition) is 3. The van der Waals surface area contributed by atoms with Crippen molar-refractivity contribution in [3.05, 3.63) is 40.2 Å². The van der Waals surface area contributed by atoms with Crippen LogP contribution in [0.25, 0.3) is 5.82 Å². The van der Waals surface area contributed by atoms with Gasteiger partial charge in [-0.2, -0.15) is 10.1 Å². The first-order chi connectivity index (χ1) is 7.72. The first-order valence-electron chi connectivity index (χ1n) is 5.35. The van der Waals surface area contributed by atoms with Crippen molar-refractivity contribution in [2.45, 2.75) is 25.7 Å². The van der Waals surface area contributed by atoms with Gasteiger partial charge in [0.1, 0.15) is 0 Å². The van der Waals surface area contributed by atoms with Gasteiger partial charge < -0.3 is 4.98 Å². The Balaban J connectivity index is 2.09. The van der Waals surface area contributed by atoms with Gasteiger partial charge in [0.05, 0.1) is 6.20 Å². The van der Waals surface area contributed by atoms with Gasteiger partial charge in [-0.3, -0.25) is 0 Å². The lowest BCUT2D eigenvalue weighted by atomic mass is 10.3. The molecule has 1 fully saturated rings. The summed E-state index contributed by atoms with van der Waals surface area (Å²) in [6.45, 7) is 1.96. The van der Waals surface area contributed by atoms with Crippen LogP contribution < -0.4 is 5.69 Å². The molecule has 82 valence electrons. The molecule has 16 heavy (non-hydrogen) atoms. The van der Waals surface area contributed by atoms with E-state index in [1.165, 1.54) is 0 Å². The molecule has 1 aliphatic carbocycles. The third kappa shape index (κ3) is 1.64. The van der Waals surface area contributed by atoms with Crippen LogP contribution in [0.1, 0.15) is 30.0 Å². The van der Waals surface area contributed by atoms with Crippen LogP contribution in [0.2, 0.25) is 0 Å². The summed E-state index contributed by atoms with van der Waals surface area (Å²) in [6.07, 6.45) is 5.91. The Labute approximate surface area is 92.2 Å². The number of aryl methyl sites for hydroxylation is 1. The Hall–Kier alpha value is -1.91. The molecule has 0 saturated heterocycles. The highest BCUT2D eigenvalue weighted by Crippen LogP contribution is 2.38. The average Bonchev–Trinajstić information content (AvgIpc) is 3.01. The number of hydrogen-bond donors (Lipinski definition) is 1. The van der Waals surface area contributed by atoms with E-state index in [2.05, 4.69) is 15.1 Å². The van der Waals surface area contributed by atoms with E-state index in [4.69, 9.17) is 0 Å². The van der Waals surface area contributed by atoms with Crippen LogP contribution in [0.3, 0.4) is 0 Å². The van der Waals surface area contributed by atoms with Crippen molar-refractivity contribution in [3.63, 3.8) is 0 Å². The maximum atomic E-state index is 11.4. The second-order valence-corrected chi connectivity index (χ2v) is 4.24. The van der Waals surface area contributed by atoms with E-state index in [0.717, 1.165) is 24.1 Å². The summed E-state index contributed by atoms with van der Waals surface area (Å²) in [4.78, 5) is 18.1. The first-order valence-corrected chi connectivity index (χ1v) is 5.35. The van der Waals surface area contributed by atoms with Crippen LogP contribution in [0.5, 0.6) is 0 Å². The fourth-order valence-electron chi connectivity index (χ4n) is 1.73. The summed E-state index contributed by atoms with van der Waals surface area (Å²) in [6, 6.07) is 1.91.